The van der Waals surface area contributed by atoms with E-state index in [4.69, 9.17) is 0 Å². The van der Waals surface area contributed by atoms with E-state index in [9.17, 15) is 4.79 Å². The normalized spacial score (nSPS) is 11.2. The molecule has 20 heavy (non-hydrogen) atoms. The molecule has 0 aliphatic rings. The highest BCUT2D eigenvalue weighted by Gasteiger charge is 2.08. The van der Waals surface area contributed by atoms with Gasteiger partial charge >= 0.3 is 0 Å². The Bertz CT molecular complexity index is 452. The molecule has 1 aromatic rings. The minimum absolute atomic E-state index is 0.0353. The van der Waals surface area contributed by atoms with E-state index in [2.05, 4.69) is 50.1 Å². The molecule has 1 rings (SSSR count). The lowest BCUT2D eigenvalue weighted by molar-refractivity contribution is -0.118. The van der Waals surface area contributed by atoms with Crippen molar-refractivity contribution in [3.63, 3.8) is 0 Å². The van der Waals surface area contributed by atoms with Gasteiger partial charge in [0.05, 0.1) is 5.75 Å². The topological polar surface area (TPSA) is 41.1 Å². The SMILES string of the molecule is C=CCNC(=O)CSc1cccc(CNC(C)(C)C)c1. The Morgan fingerprint density at radius 1 is 1.40 bits per heavy atom. The van der Waals surface area contributed by atoms with Crippen LogP contribution in [0.3, 0.4) is 0 Å². The maximum Gasteiger partial charge on any atom is 0.230 e. The third-order valence-electron chi connectivity index (χ3n) is 2.53. The van der Waals surface area contributed by atoms with Crippen LogP contribution < -0.4 is 10.6 Å². The van der Waals surface area contributed by atoms with Gasteiger partial charge in [-0.05, 0) is 38.5 Å². The standard InChI is InChI=1S/C16H24N2OS/c1-5-9-17-15(19)12-20-14-8-6-7-13(10-14)11-18-16(2,3)4/h5-8,10,18H,1,9,11-12H2,2-4H3,(H,17,19). The van der Waals surface area contributed by atoms with E-state index >= 15 is 0 Å². The Hall–Kier alpha value is -1.26. The number of rotatable bonds is 7. The van der Waals surface area contributed by atoms with Gasteiger partial charge in [-0.2, -0.15) is 0 Å². The summed E-state index contributed by atoms with van der Waals surface area (Å²) in [5, 5.41) is 6.23. The number of nitrogens with one attached hydrogen (secondary N) is 2. The molecule has 1 amide bonds. The van der Waals surface area contributed by atoms with Gasteiger partial charge in [0.2, 0.25) is 5.91 Å². The summed E-state index contributed by atoms with van der Waals surface area (Å²) in [6, 6.07) is 8.29. The first-order valence-corrected chi connectivity index (χ1v) is 7.73. The van der Waals surface area contributed by atoms with Crippen molar-refractivity contribution in [2.75, 3.05) is 12.3 Å². The monoisotopic (exact) mass is 292 g/mol. The van der Waals surface area contributed by atoms with E-state index in [-0.39, 0.29) is 11.4 Å². The fraction of sp³-hybridized carbons (Fsp3) is 0.438. The minimum Gasteiger partial charge on any atom is -0.352 e. The molecule has 0 atom stereocenters. The van der Waals surface area contributed by atoms with Crippen molar-refractivity contribution >= 4 is 17.7 Å². The zero-order chi connectivity index (χ0) is 15.0. The second-order valence-electron chi connectivity index (χ2n) is 5.63. The molecule has 0 aliphatic heterocycles. The molecule has 0 saturated heterocycles. The Balaban J connectivity index is 2.47. The molecule has 0 spiro atoms. The molecule has 0 unspecified atom stereocenters. The summed E-state index contributed by atoms with van der Waals surface area (Å²) in [6.07, 6.45) is 1.68. The van der Waals surface area contributed by atoms with E-state index in [0.29, 0.717) is 12.3 Å². The van der Waals surface area contributed by atoms with Crippen LogP contribution in [0, 0.1) is 0 Å². The van der Waals surface area contributed by atoms with Crippen LogP contribution in [-0.2, 0) is 11.3 Å². The maximum atomic E-state index is 11.5. The fourth-order valence-electron chi connectivity index (χ4n) is 1.50. The molecular formula is C16H24N2OS. The molecular weight excluding hydrogens is 268 g/mol. The van der Waals surface area contributed by atoms with E-state index in [0.717, 1.165) is 11.4 Å². The summed E-state index contributed by atoms with van der Waals surface area (Å²) in [6.45, 7) is 11.4. The van der Waals surface area contributed by atoms with Gasteiger partial charge in [0, 0.05) is 23.5 Å². The number of hydrogen-bond acceptors (Lipinski definition) is 3. The Morgan fingerprint density at radius 3 is 2.80 bits per heavy atom. The van der Waals surface area contributed by atoms with Crippen molar-refractivity contribution in [3.05, 3.63) is 42.5 Å². The molecule has 0 saturated carbocycles. The number of carbonyl (C=O) groups is 1. The molecule has 4 heteroatoms. The lowest BCUT2D eigenvalue weighted by Crippen LogP contribution is -2.35. The van der Waals surface area contributed by atoms with Crippen molar-refractivity contribution in [2.24, 2.45) is 0 Å². The van der Waals surface area contributed by atoms with Gasteiger partial charge in [0.25, 0.3) is 0 Å². The second kappa shape index (κ2) is 8.12. The van der Waals surface area contributed by atoms with Gasteiger partial charge in [-0.15, -0.1) is 18.3 Å². The summed E-state index contributed by atoms with van der Waals surface area (Å²) >= 11 is 1.55. The number of amides is 1. The predicted molar refractivity (Wildman–Crippen MR) is 87.0 cm³/mol. The first kappa shape index (κ1) is 16.8. The molecule has 0 radical (unpaired) electrons. The molecule has 2 N–H and O–H groups in total. The summed E-state index contributed by atoms with van der Waals surface area (Å²) in [5.41, 5.74) is 1.34. The lowest BCUT2D eigenvalue weighted by Gasteiger charge is -2.20. The second-order valence-corrected chi connectivity index (χ2v) is 6.68. The van der Waals surface area contributed by atoms with Gasteiger partial charge in [-0.3, -0.25) is 4.79 Å². The van der Waals surface area contributed by atoms with Crippen molar-refractivity contribution < 1.29 is 4.79 Å². The number of carbonyl (C=O) groups excluding carboxylic acids is 1. The summed E-state index contributed by atoms with van der Waals surface area (Å²) in [4.78, 5) is 12.6. The van der Waals surface area contributed by atoms with Crippen LogP contribution in [0.15, 0.2) is 41.8 Å². The fourth-order valence-corrected chi connectivity index (χ4v) is 2.31. The first-order valence-electron chi connectivity index (χ1n) is 6.75. The Morgan fingerprint density at radius 2 is 2.15 bits per heavy atom. The van der Waals surface area contributed by atoms with Crippen LogP contribution in [0.4, 0.5) is 0 Å². The average Bonchev–Trinajstić information content (AvgIpc) is 2.40. The lowest BCUT2D eigenvalue weighted by atomic mass is 10.1. The van der Waals surface area contributed by atoms with Gasteiger partial charge in [0.1, 0.15) is 0 Å². The van der Waals surface area contributed by atoms with Crippen LogP contribution >= 0.6 is 11.8 Å². The van der Waals surface area contributed by atoms with E-state index in [1.54, 1.807) is 17.8 Å². The molecule has 3 nitrogen and oxygen atoms in total. The molecule has 0 bridgehead atoms. The smallest absolute Gasteiger partial charge is 0.230 e. The minimum atomic E-state index is 0.0353. The van der Waals surface area contributed by atoms with Crippen LogP contribution in [-0.4, -0.2) is 23.7 Å². The highest BCUT2D eigenvalue weighted by molar-refractivity contribution is 8.00. The van der Waals surface area contributed by atoms with Crippen LogP contribution in [0.1, 0.15) is 26.3 Å². The van der Waals surface area contributed by atoms with Crippen LogP contribution in [0.2, 0.25) is 0 Å². The third kappa shape index (κ3) is 7.36. The van der Waals surface area contributed by atoms with Gasteiger partial charge in [0.15, 0.2) is 0 Å². The highest BCUT2D eigenvalue weighted by atomic mass is 32.2. The maximum absolute atomic E-state index is 11.5. The third-order valence-corrected chi connectivity index (χ3v) is 3.53. The first-order chi connectivity index (χ1) is 9.40. The zero-order valence-electron chi connectivity index (χ0n) is 12.5. The number of hydrogen-bond donors (Lipinski definition) is 2. The average molecular weight is 292 g/mol. The molecule has 1 aromatic carbocycles. The molecule has 0 aromatic heterocycles. The van der Waals surface area contributed by atoms with Crippen molar-refractivity contribution in [1.29, 1.82) is 0 Å². The van der Waals surface area contributed by atoms with E-state index in [1.807, 2.05) is 12.1 Å². The van der Waals surface area contributed by atoms with Crippen molar-refractivity contribution in [2.45, 2.75) is 37.8 Å². The molecule has 0 fully saturated rings. The zero-order valence-corrected chi connectivity index (χ0v) is 13.3. The summed E-state index contributed by atoms with van der Waals surface area (Å²) in [5.74, 6) is 0.470. The predicted octanol–water partition coefficient (Wildman–Crippen LogP) is 2.97. The molecule has 0 heterocycles. The van der Waals surface area contributed by atoms with Gasteiger partial charge in [-0.1, -0.05) is 18.2 Å². The Labute approximate surface area is 126 Å². The highest BCUT2D eigenvalue weighted by Crippen LogP contribution is 2.19. The van der Waals surface area contributed by atoms with Crippen LogP contribution in [0.25, 0.3) is 0 Å². The van der Waals surface area contributed by atoms with E-state index in [1.165, 1.54) is 5.56 Å². The summed E-state index contributed by atoms with van der Waals surface area (Å²) < 4.78 is 0. The van der Waals surface area contributed by atoms with Gasteiger partial charge in [-0.25, -0.2) is 0 Å². The molecule has 0 aliphatic carbocycles. The largest absolute Gasteiger partial charge is 0.352 e. The number of thioether (sulfide) groups is 1. The van der Waals surface area contributed by atoms with Crippen molar-refractivity contribution in [3.8, 4) is 0 Å². The number of benzene rings is 1. The summed E-state index contributed by atoms with van der Waals surface area (Å²) in [7, 11) is 0. The quantitative estimate of drug-likeness (QED) is 0.599. The van der Waals surface area contributed by atoms with E-state index < -0.39 is 0 Å². The van der Waals surface area contributed by atoms with Crippen LogP contribution in [0.5, 0.6) is 0 Å². The Kier molecular flexibility index (Phi) is 6.82. The molecule has 110 valence electrons. The van der Waals surface area contributed by atoms with Gasteiger partial charge < -0.3 is 10.6 Å². The van der Waals surface area contributed by atoms with Crippen molar-refractivity contribution in [1.82, 2.24) is 10.6 Å².